The van der Waals surface area contributed by atoms with Crippen LogP contribution in [0.2, 0.25) is 0 Å². The van der Waals surface area contributed by atoms with Gasteiger partial charge in [-0.25, -0.2) is 24.1 Å². The number of amides is 3. The molecule has 0 aliphatic carbocycles. The maximum absolute atomic E-state index is 13.0. The second-order valence-electron chi connectivity index (χ2n) is 12.1. The molecule has 0 N–H and O–H groups in total. The van der Waals surface area contributed by atoms with Crippen LogP contribution >= 0.6 is 0 Å². The van der Waals surface area contributed by atoms with Gasteiger partial charge in [0.25, 0.3) is 0 Å². The first-order chi connectivity index (χ1) is 23.9. The lowest BCUT2D eigenvalue weighted by molar-refractivity contribution is -0.128. The summed E-state index contributed by atoms with van der Waals surface area (Å²) in [4.78, 5) is 53.7. The van der Waals surface area contributed by atoms with Crippen LogP contribution < -0.4 is 9.64 Å². The summed E-state index contributed by atoms with van der Waals surface area (Å²) in [5.74, 6) is 1.16. The largest absolute Gasteiger partial charge is 0.470 e. The number of hydrogen-bond donors (Lipinski definition) is 0. The molecule has 3 aliphatic rings. The summed E-state index contributed by atoms with van der Waals surface area (Å²) >= 11 is 0. The van der Waals surface area contributed by atoms with Crippen LogP contribution in [-0.4, -0.2) is 131 Å². The molecule has 3 aromatic heterocycles. The first-order valence-electron chi connectivity index (χ1n) is 16.3. The van der Waals surface area contributed by atoms with E-state index in [0.717, 1.165) is 22.5 Å². The zero-order valence-corrected chi connectivity index (χ0v) is 27.2. The van der Waals surface area contributed by atoms with E-state index in [9.17, 15) is 14.4 Å². The van der Waals surface area contributed by atoms with E-state index >= 15 is 0 Å². The second kappa shape index (κ2) is 14.4. The molecule has 3 amide bonds. The Bertz CT molecular complexity index is 1790. The van der Waals surface area contributed by atoms with Gasteiger partial charge in [0.2, 0.25) is 11.8 Å². The SMILES string of the molecule is COC(=O)N1CC(Oc2ncccc2-c2cnn3ccc(N4CCN(C(=O)O[C@@H]5CC(=O)N(CCOCc6ccccc6)C5)CC4)nc23)C1. The lowest BCUT2D eigenvalue weighted by Gasteiger charge is -2.37. The Morgan fingerprint density at radius 2 is 1.71 bits per heavy atom. The van der Waals surface area contributed by atoms with Crippen molar-refractivity contribution in [3.05, 3.63) is 72.7 Å². The molecule has 49 heavy (non-hydrogen) atoms. The minimum atomic E-state index is -0.478. The van der Waals surface area contributed by atoms with Crippen LogP contribution in [0, 0.1) is 0 Å². The van der Waals surface area contributed by atoms with Gasteiger partial charge in [0.05, 0.1) is 58.1 Å². The lowest BCUT2D eigenvalue weighted by atomic mass is 10.1. The van der Waals surface area contributed by atoms with Crippen molar-refractivity contribution in [2.24, 2.45) is 0 Å². The van der Waals surface area contributed by atoms with E-state index in [2.05, 4.69) is 15.0 Å². The number of pyridine rings is 1. The first kappa shape index (κ1) is 32.1. The third-order valence-electron chi connectivity index (χ3n) is 8.90. The number of carbonyl (C=O) groups is 3. The van der Waals surface area contributed by atoms with Crippen molar-refractivity contribution in [3.63, 3.8) is 0 Å². The van der Waals surface area contributed by atoms with E-state index in [4.69, 9.17) is 23.9 Å². The van der Waals surface area contributed by atoms with E-state index in [1.54, 1.807) is 31.6 Å². The van der Waals surface area contributed by atoms with Crippen LogP contribution in [-0.2, 0) is 25.6 Å². The number of benzene rings is 1. The molecule has 1 atom stereocenters. The average Bonchev–Trinajstić information content (AvgIpc) is 3.70. The van der Waals surface area contributed by atoms with Gasteiger partial charge in [0, 0.05) is 50.7 Å². The summed E-state index contributed by atoms with van der Waals surface area (Å²) in [5, 5.41) is 4.49. The van der Waals surface area contributed by atoms with Gasteiger partial charge >= 0.3 is 12.2 Å². The fraction of sp³-hybridized carbons (Fsp3) is 0.412. The van der Waals surface area contributed by atoms with Crippen molar-refractivity contribution in [1.29, 1.82) is 0 Å². The number of anilines is 1. The summed E-state index contributed by atoms with van der Waals surface area (Å²) in [6.07, 6.45) is 3.96. The maximum Gasteiger partial charge on any atom is 0.410 e. The van der Waals surface area contributed by atoms with Gasteiger partial charge in [0.1, 0.15) is 18.0 Å². The Labute approximate surface area is 282 Å². The molecule has 256 valence electrons. The Morgan fingerprint density at radius 1 is 0.898 bits per heavy atom. The van der Waals surface area contributed by atoms with Gasteiger partial charge in [-0.15, -0.1) is 0 Å². The Kier molecular flexibility index (Phi) is 9.41. The predicted molar refractivity (Wildman–Crippen MR) is 176 cm³/mol. The smallest absolute Gasteiger partial charge is 0.410 e. The normalized spacial score (nSPS) is 18.1. The molecule has 0 radical (unpaired) electrons. The molecular formula is C34H38N8O7. The third-order valence-corrected chi connectivity index (χ3v) is 8.90. The summed E-state index contributed by atoms with van der Waals surface area (Å²) in [5.41, 5.74) is 3.23. The van der Waals surface area contributed by atoms with E-state index < -0.39 is 12.2 Å². The molecule has 7 rings (SSSR count). The van der Waals surface area contributed by atoms with Crippen molar-refractivity contribution in [2.75, 3.05) is 71.0 Å². The van der Waals surface area contributed by atoms with Crippen LogP contribution in [0.3, 0.4) is 0 Å². The van der Waals surface area contributed by atoms with Crippen molar-refractivity contribution in [1.82, 2.24) is 34.3 Å². The summed E-state index contributed by atoms with van der Waals surface area (Å²) < 4.78 is 24.1. The van der Waals surface area contributed by atoms with Gasteiger partial charge in [0.15, 0.2) is 5.65 Å². The summed E-state index contributed by atoms with van der Waals surface area (Å²) in [7, 11) is 1.36. The first-order valence-corrected chi connectivity index (χ1v) is 16.3. The molecular weight excluding hydrogens is 632 g/mol. The van der Waals surface area contributed by atoms with E-state index in [0.29, 0.717) is 77.1 Å². The molecule has 3 aliphatic heterocycles. The Hall–Kier alpha value is -5.44. The Morgan fingerprint density at radius 3 is 2.51 bits per heavy atom. The number of carbonyl (C=O) groups excluding carboxylic acids is 3. The number of piperazine rings is 1. The topological polar surface area (TPSA) is 144 Å². The predicted octanol–water partition coefficient (Wildman–Crippen LogP) is 2.70. The number of hydrogen-bond acceptors (Lipinski definition) is 11. The van der Waals surface area contributed by atoms with Gasteiger partial charge in [-0.1, -0.05) is 30.3 Å². The van der Waals surface area contributed by atoms with Crippen LogP contribution in [0.4, 0.5) is 15.4 Å². The molecule has 3 fully saturated rings. The minimum absolute atomic E-state index is 0.0372. The maximum atomic E-state index is 13.0. The standard InChI is InChI=1S/C34H38N8O7/c1-46-33(44)41-21-26(22-41)48-32-27(8-5-10-35-32)28-19-36-42-11-9-29(37-31(28)42)38-12-14-39(15-13-38)34(45)49-25-18-30(43)40(20-25)16-17-47-23-24-6-3-2-4-7-24/h2-11,19,25-26H,12-18,20-23H2,1H3/t25-/m1/s1. The molecule has 15 heteroatoms. The van der Waals surface area contributed by atoms with Gasteiger partial charge in [-0.2, -0.15) is 5.10 Å². The zero-order valence-electron chi connectivity index (χ0n) is 27.2. The molecule has 1 aromatic carbocycles. The fourth-order valence-corrected chi connectivity index (χ4v) is 6.17. The number of rotatable bonds is 10. The monoisotopic (exact) mass is 670 g/mol. The quantitative estimate of drug-likeness (QED) is 0.230. The highest BCUT2D eigenvalue weighted by atomic mass is 16.6. The summed E-state index contributed by atoms with van der Waals surface area (Å²) in [6, 6.07) is 15.5. The van der Waals surface area contributed by atoms with Crippen molar-refractivity contribution >= 4 is 29.6 Å². The van der Waals surface area contributed by atoms with Gasteiger partial charge in [-0.05, 0) is 23.8 Å². The van der Waals surface area contributed by atoms with Crippen LogP contribution in [0.5, 0.6) is 5.88 Å². The highest BCUT2D eigenvalue weighted by Gasteiger charge is 2.35. The molecule has 0 spiro atoms. The zero-order chi connectivity index (χ0) is 33.7. The number of aromatic nitrogens is 4. The summed E-state index contributed by atoms with van der Waals surface area (Å²) in [6.45, 7) is 4.61. The van der Waals surface area contributed by atoms with Crippen molar-refractivity contribution < 1.29 is 33.3 Å². The molecule has 3 saturated heterocycles. The van der Waals surface area contributed by atoms with E-state index in [-0.39, 0.29) is 24.5 Å². The van der Waals surface area contributed by atoms with Crippen molar-refractivity contribution in [3.8, 4) is 17.0 Å². The van der Waals surface area contributed by atoms with E-state index in [1.165, 1.54) is 7.11 Å². The minimum Gasteiger partial charge on any atom is -0.470 e. The highest BCUT2D eigenvalue weighted by molar-refractivity contribution is 5.81. The number of fused-ring (bicyclic) bond motifs is 1. The number of ether oxygens (including phenoxy) is 4. The van der Waals surface area contributed by atoms with Crippen LogP contribution in [0.1, 0.15) is 12.0 Å². The van der Waals surface area contributed by atoms with Crippen LogP contribution in [0.25, 0.3) is 16.8 Å². The molecule has 4 aromatic rings. The van der Waals surface area contributed by atoms with Crippen LogP contribution in [0.15, 0.2) is 67.1 Å². The molecule has 0 bridgehead atoms. The van der Waals surface area contributed by atoms with Gasteiger partial charge in [-0.3, -0.25) is 4.79 Å². The molecule has 0 saturated carbocycles. The second-order valence-corrected chi connectivity index (χ2v) is 12.1. The fourth-order valence-electron chi connectivity index (χ4n) is 6.17. The number of nitrogens with zero attached hydrogens (tertiary/aromatic N) is 8. The number of methoxy groups -OCH3 is 1. The average molecular weight is 671 g/mol. The molecule has 0 unspecified atom stereocenters. The number of likely N-dealkylation sites (tertiary alicyclic amines) is 2. The Balaban J connectivity index is 0.914. The van der Waals surface area contributed by atoms with E-state index in [1.807, 2.05) is 54.7 Å². The molecule has 6 heterocycles. The van der Waals surface area contributed by atoms with Crippen molar-refractivity contribution in [2.45, 2.75) is 25.2 Å². The highest BCUT2D eigenvalue weighted by Crippen LogP contribution is 2.33. The van der Waals surface area contributed by atoms with Gasteiger partial charge < -0.3 is 38.5 Å². The third kappa shape index (κ3) is 7.21. The lowest BCUT2D eigenvalue weighted by Crippen LogP contribution is -2.56. The molecule has 15 nitrogen and oxygen atoms in total.